The van der Waals surface area contributed by atoms with Crippen LogP contribution in [0.1, 0.15) is 49.4 Å². The van der Waals surface area contributed by atoms with Crippen molar-refractivity contribution in [3.05, 3.63) is 71.4 Å². The van der Waals surface area contributed by atoms with E-state index in [1.807, 2.05) is 0 Å². The molecule has 4 heterocycles. The van der Waals surface area contributed by atoms with Crippen LogP contribution in [-0.4, -0.2) is 66.6 Å². The van der Waals surface area contributed by atoms with E-state index in [-0.39, 0.29) is 33.9 Å². The Bertz CT molecular complexity index is 1600. The summed E-state index contributed by atoms with van der Waals surface area (Å²) in [5, 5.41) is 0. The van der Waals surface area contributed by atoms with Crippen molar-refractivity contribution in [3.8, 4) is 11.5 Å². The molecule has 0 N–H and O–H groups in total. The van der Waals surface area contributed by atoms with Crippen molar-refractivity contribution >= 4 is 23.4 Å². The fourth-order valence-electron chi connectivity index (χ4n) is 6.71. The third kappa shape index (κ3) is 6.65. The Morgan fingerprint density at radius 3 is 2.35 bits per heavy atom. The highest BCUT2D eigenvalue weighted by atomic mass is 19.4. The third-order valence-electron chi connectivity index (χ3n) is 9.17. The number of para-hydroxylation sites is 1. The van der Waals surface area contributed by atoms with E-state index in [4.69, 9.17) is 4.74 Å². The first kappa shape index (κ1) is 32.1. The number of rotatable bonds is 7. The Labute approximate surface area is 262 Å². The Kier molecular flexibility index (Phi) is 8.64. The zero-order chi connectivity index (χ0) is 32.7. The Balaban J connectivity index is 1.43. The first-order valence-electron chi connectivity index (χ1n) is 15.3. The number of alkyl halides is 5. The molecule has 246 valence electrons. The summed E-state index contributed by atoms with van der Waals surface area (Å²) < 4.78 is 108. The second-order valence-electron chi connectivity index (χ2n) is 12.3. The van der Waals surface area contributed by atoms with Crippen LogP contribution in [-0.2, 0) is 6.18 Å². The molecule has 0 radical (unpaired) electrons. The highest BCUT2D eigenvalue weighted by Crippen LogP contribution is 2.50. The predicted molar refractivity (Wildman–Crippen MR) is 161 cm³/mol. The van der Waals surface area contributed by atoms with Gasteiger partial charge >= 0.3 is 6.18 Å². The van der Waals surface area contributed by atoms with Gasteiger partial charge in [0.25, 0.3) is 5.92 Å². The second-order valence-corrected chi connectivity index (χ2v) is 12.3. The molecule has 0 amide bonds. The summed E-state index contributed by atoms with van der Waals surface area (Å²) in [4.78, 5) is 13.3. The van der Waals surface area contributed by atoms with E-state index in [2.05, 4.69) is 21.8 Å². The van der Waals surface area contributed by atoms with Crippen LogP contribution in [0.3, 0.4) is 0 Å². The van der Waals surface area contributed by atoms with Crippen molar-refractivity contribution in [2.45, 2.75) is 44.7 Å². The lowest BCUT2D eigenvalue weighted by atomic mass is 9.72. The van der Waals surface area contributed by atoms with Crippen molar-refractivity contribution in [1.82, 2.24) is 14.9 Å². The van der Waals surface area contributed by atoms with Gasteiger partial charge in [-0.15, -0.1) is 0 Å². The molecule has 3 saturated heterocycles. The molecule has 0 atom stereocenters. The highest BCUT2D eigenvalue weighted by molar-refractivity contribution is 5.84. The number of aromatic nitrogens is 2. The van der Waals surface area contributed by atoms with Gasteiger partial charge < -0.3 is 19.4 Å². The van der Waals surface area contributed by atoms with Gasteiger partial charge in [-0.1, -0.05) is 19.1 Å². The van der Waals surface area contributed by atoms with Gasteiger partial charge in [0.1, 0.15) is 22.8 Å². The van der Waals surface area contributed by atoms with Crippen LogP contribution in [0.5, 0.6) is 11.5 Å². The summed E-state index contributed by atoms with van der Waals surface area (Å²) in [6.45, 7) is 4.10. The summed E-state index contributed by atoms with van der Waals surface area (Å²) in [5.41, 5.74) is -1.99. The lowest BCUT2D eigenvalue weighted by Crippen LogP contribution is -2.56. The van der Waals surface area contributed by atoms with Gasteiger partial charge in [-0.05, 0) is 81.1 Å². The van der Waals surface area contributed by atoms with E-state index in [0.717, 1.165) is 63.3 Å². The normalized spacial score (nSPS) is 20.1. The molecule has 1 aromatic heterocycles. The number of nitrogens with zero attached hydrogens (tertiary/aromatic N) is 5. The maximum atomic E-state index is 15.9. The van der Waals surface area contributed by atoms with Crippen molar-refractivity contribution in [1.29, 1.82) is 0 Å². The molecule has 0 bridgehead atoms. The Morgan fingerprint density at radius 1 is 0.935 bits per heavy atom. The molecule has 3 fully saturated rings. The van der Waals surface area contributed by atoms with Crippen LogP contribution in [0.2, 0.25) is 0 Å². The smallest absolute Gasteiger partial charge is 0.422 e. The molecule has 2 aromatic carbocycles. The van der Waals surface area contributed by atoms with Crippen molar-refractivity contribution in [3.63, 3.8) is 0 Å². The SMILES string of the molecule is CCN1CCC2(CCCN(c3c(/C=C(\F)c4cncc(N5CC(F)(F)C5)n4)ccc(Oc4ccccc4F)c3C(F)(F)F)C2)CC1. The molecular weight excluding hydrogens is 615 g/mol. The number of ether oxygens (including phenoxy) is 1. The first-order chi connectivity index (χ1) is 21.9. The van der Waals surface area contributed by atoms with Crippen LogP contribution in [0.25, 0.3) is 11.9 Å². The van der Waals surface area contributed by atoms with Crippen LogP contribution in [0, 0.1) is 11.2 Å². The van der Waals surface area contributed by atoms with Crippen LogP contribution in [0.4, 0.5) is 42.2 Å². The lowest BCUT2D eigenvalue weighted by molar-refractivity contribution is -0.138. The van der Waals surface area contributed by atoms with Crippen LogP contribution in [0.15, 0.2) is 48.8 Å². The maximum absolute atomic E-state index is 15.9. The first-order valence-corrected chi connectivity index (χ1v) is 15.3. The molecule has 3 aliphatic heterocycles. The monoisotopic (exact) mass is 649 g/mol. The molecule has 46 heavy (non-hydrogen) atoms. The molecule has 6 nitrogen and oxygen atoms in total. The van der Waals surface area contributed by atoms with E-state index in [1.54, 1.807) is 4.90 Å². The zero-order valence-electron chi connectivity index (χ0n) is 25.3. The zero-order valence-corrected chi connectivity index (χ0v) is 25.3. The molecule has 6 rings (SSSR count). The predicted octanol–water partition coefficient (Wildman–Crippen LogP) is 8.05. The number of anilines is 2. The van der Waals surface area contributed by atoms with Gasteiger partial charge in [0.15, 0.2) is 17.4 Å². The molecule has 0 saturated carbocycles. The topological polar surface area (TPSA) is 44.7 Å². The number of benzene rings is 2. The third-order valence-corrected chi connectivity index (χ3v) is 9.17. The quantitative estimate of drug-likeness (QED) is 0.242. The minimum atomic E-state index is -4.95. The summed E-state index contributed by atoms with van der Waals surface area (Å²) in [6.07, 6.45) is 1.47. The van der Waals surface area contributed by atoms with E-state index in [1.165, 1.54) is 35.4 Å². The van der Waals surface area contributed by atoms with E-state index in [0.29, 0.717) is 19.5 Å². The number of likely N-dealkylation sites (tertiary alicyclic amines) is 1. The molecule has 3 aromatic rings. The summed E-state index contributed by atoms with van der Waals surface area (Å²) in [6, 6.07) is 7.54. The van der Waals surface area contributed by atoms with Gasteiger partial charge in [-0.3, -0.25) is 4.98 Å². The van der Waals surface area contributed by atoms with Crippen molar-refractivity contribution in [2.24, 2.45) is 5.41 Å². The number of hydrogen-bond acceptors (Lipinski definition) is 6. The molecule has 0 unspecified atom stereocenters. The number of piperidine rings is 2. The molecule has 0 aliphatic carbocycles. The average molecular weight is 650 g/mol. The van der Waals surface area contributed by atoms with E-state index >= 15 is 17.6 Å². The average Bonchev–Trinajstić information content (AvgIpc) is 3.01. The van der Waals surface area contributed by atoms with E-state index < -0.39 is 48.1 Å². The second kappa shape index (κ2) is 12.4. The fourth-order valence-corrected chi connectivity index (χ4v) is 6.71. The minimum absolute atomic E-state index is 0.0354. The lowest BCUT2D eigenvalue weighted by Gasteiger charge is -2.49. The van der Waals surface area contributed by atoms with Gasteiger partial charge in [0.2, 0.25) is 0 Å². The minimum Gasteiger partial charge on any atom is -0.454 e. The Morgan fingerprint density at radius 2 is 1.67 bits per heavy atom. The summed E-state index contributed by atoms with van der Waals surface area (Å²) in [7, 11) is 0. The number of hydrogen-bond donors (Lipinski definition) is 0. The van der Waals surface area contributed by atoms with Crippen LogP contribution < -0.4 is 14.5 Å². The fraction of sp³-hybridized carbons (Fsp3) is 0.455. The molecule has 13 heteroatoms. The van der Waals surface area contributed by atoms with E-state index in [9.17, 15) is 13.2 Å². The van der Waals surface area contributed by atoms with Gasteiger partial charge in [0, 0.05) is 18.7 Å². The standard InChI is InChI=1S/C33H34F7N5O/c1-2-43-14-11-31(12-15-43)10-5-13-44(19-31)30-22(16-24(35)25-17-41-18-28(42-25)45-20-32(36,37)21-45)8-9-27(29(30)33(38,39)40)46-26-7-4-3-6-23(26)34/h3-4,6-9,16-18H,2,5,10-15,19-21H2,1H3/b24-16-. The molecule has 3 aliphatic rings. The van der Waals surface area contributed by atoms with Crippen LogP contribution >= 0.6 is 0 Å². The molecule has 1 spiro atoms. The Hall–Kier alpha value is -3.87. The van der Waals surface area contributed by atoms with Crippen molar-refractivity contribution in [2.75, 3.05) is 55.6 Å². The number of halogens is 7. The van der Waals surface area contributed by atoms with Gasteiger partial charge in [-0.2, -0.15) is 13.2 Å². The summed E-state index contributed by atoms with van der Waals surface area (Å²) >= 11 is 0. The van der Waals surface area contributed by atoms with Gasteiger partial charge in [-0.25, -0.2) is 22.5 Å². The summed E-state index contributed by atoms with van der Waals surface area (Å²) in [5.74, 6) is -5.65. The highest BCUT2D eigenvalue weighted by Gasteiger charge is 2.45. The van der Waals surface area contributed by atoms with Gasteiger partial charge in [0.05, 0.1) is 31.2 Å². The largest absolute Gasteiger partial charge is 0.454 e. The maximum Gasteiger partial charge on any atom is 0.422 e. The molecular formula is C33H34F7N5O. The van der Waals surface area contributed by atoms with Crippen molar-refractivity contribution < 1.29 is 35.5 Å².